The highest BCUT2D eigenvalue weighted by Crippen LogP contribution is 2.17. The zero-order chi connectivity index (χ0) is 12.8. The first-order chi connectivity index (χ1) is 8.79. The number of hydrogen-bond acceptors (Lipinski definition) is 3. The van der Waals surface area contributed by atoms with Crippen LogP contribution in [0.25, 0.3) is 0 Å². The molecule has 18 heavy (non-hydrogen) atoms. The number of piperidine rings is 1. The fourth-order valence-electron chi connectivity index (χ4n) is 2.69. The molecule has 0 atom stereocenters. The number of benzene rings is 1. The largest absolute Gasteiger partial charge is 0.508 e. The molecule has 0 saturated carbocycles. The Bertz CT molecular complexity index is 344. The van der Waals surface area contributed by atoms with E-state index in [1.54, 1.807) is 12.1 Å². The zero-order valence-electron chi connectivity index (χ0n) is 11.2. The van der Waals surface area contributed by atoms with Gasteiger partial charge in [0.05, 0.1) is 0 Å². The molecule has 1 aliphatic rings. The third kappa shape index (κ3) is 3.72. The molecule has 1 heterocycles. The summed E-state index contributed by atoms with van der Waals surface area (Å²) in [6, 6.07) is 8.32. The second kappa shape index (κ2) is 6.76. The summed E-state index contributed by atoms with van der Waals surface area (Å²) in [5.74, 6) is 0.350. The van der Waals surface area contributed by atoms with Crippen LogP contribution in [-0.2, 0) is 6.54 Å². The molecular weight excluding hydrogens is 224 g/mol. The molecule has 3 nitrogen and oxygen atoms in total. The van der Waals surface area contributed by atoms with Gasteiger partial charge in [-0.25, -0.2) is 0 Å². The van der Waals surface area contributed by atoms with Crippen molar-refractivity contribution in [3.8, 4) is 5.75 Å². The third-order valence-electron chi connectivity index (χ3n) is 3.66. The van der Waals surface area contributed by atoms with Gasteiger partial charge in [-0.15, -0.1) is 0 Å². The van der Waals surface area contributed by atoms with E-state index in [9.17, 15) is 5.11 Å². The lowest BCUT2D eigenvalue weighted by molar-refractivity contribution is 0.154. The van der Waals surface area contributed by atoms with Crippen molar-refractivity contribution in [1.29, 1.82) is 0 Å². The van der Waals surface area contributed by atoms with Crippen LogP contribution in [-0.4, -0.2) is 35.7 Å². The molecule has 2 rings (SSSR count). The lowest BCUT2D eigenvalue weighted by atomic mass is 10.0. The highest BCUT2D eigenvalue weighted by molar-refractivity contribution is 5.25. The summed E-state index contributed by atoms with van der Waals surface area (Å²) in [5.41, 5.74) is 1.29. The Hall–Kier alpha value is -1.06. The number of phenolic OH excluding ortho intramolecular Hbond substituents is 1. The molecule has 3 heteroatoms. The van der Waals surface area contributed by atoms with E-state index >= 15 is 0 Å². The molecule has 0 spiro atoms. The molecule has 1 aliphatic heterocycles. The normalized spacial score (nSPS) is 17.2. The first-order valence-electron chi connectivity index (χ1n) is 7.02. The molecule has 2 N–H and O–H groups in total. The van der Waals surface area contributed by atoms with Gasteiger partial charge < -0.3 is 10.4 Å². The van der Waals surface area contributed by atoms with E-state index in [0.717, 1.165) is 26.2 Å². The van der Waals surface area contributed by atoms with Crippen molar-refractivity contribution in [3.05, 3.63) is 29.8 Å². The average Bonchev–Trinajstić information content (AvgIpc) is 2.42. The van der Waals surface area contributed by atoms with E-state index in [1.165, 1.54) is 24.8 Å². The van der Waals surface area contributed by atoms with Gasteiger partial charge in [0.2, 0.25) is 0 Å². The molecular formula is C15H24N2O. The van der Waals surface area contributed by atoms with Crippen molar-refractivity contribution in [1.82, 2.24) is 10.2 Å². The smallest absolute Gasteiger partial charge is 0.115 e. The van der Waals surface area contributed by atoms with E-state index in [-0.39, 0.29) is 0 Å². The van der Waals surface area contributed by atoms with Crippen molar-refractivity contribution in [2.45, 2.75) is 38.8 Å². The van der Waals surface area contributed by atoms with Crippen LogP contribution in [0.2, 0.25) is 0 Å². The predicted octanol–water partition coefficient (Wildman–Crippen LogP) is 2.36. The second-order valence-electron chi connectivity index (χ2n) is 5.12. The Morgan fingerprint density at radius 2 is 1.89 bits per heavy atom. The molecule has 1 aromatic carbocycles. The van der Waals surface area contributed by atoms with Crippen LogP contribution in [0.1, 0.15) is 31.7 Å². The van der Waals surface area contributed by atoms with E-state index < -0.39 is 0 Å². The maximum atomic E-state index is 9.32. The van der Waals surface area contributed by atoms with Gasteiger partial charge in [0.1, 0.15) is 5.75 Å². The van der Waals surface area contributed by atoms with Gasteiger partial charge in [-0.1, -0.05) is 19.1 Å². The Kier molecular flexibility index (Phi) is 5.02. The Morgan fingerprint density at radius 1 is 1.22 bits per heavy atom. The van der Waals surface area contributed by atoms with Gasteiger partial charge in [-0.05, 0) is 56.6 Å². The molecule has 0 aliphatic carbocycles. The lowest BCUT2D eigenvalue weighted by Crippen LogP contribution is -2.43. The topological polar surface area (TPSA) is 35.5 Å². The summed E-state index contributed by atoms with van der Waals surface area (Å²) >= 11 is 0. The summed E-state index contributed by atoms with van der Waals surface area (Å²) in [6.07, 6.45) is 3.69. The van der Waals surface area contributed by atoms with Crippen LogP contribution >= 0.6 is 0 Å². The van der Waals surface area contributed by atoms with E-state index in [4.69, 9.17) is 0 Å². The van der Waals surface area contributed by atoms with Gasteiger partial charge in [-0.2, -0.15) is 0 Å². The van der Waals surface area contributed by atoms with Crippen LogP contribution in [0.4, 0.5) is 0 Å². The van der Waals surface area contributed by atoms with Gasteiger partial charge in [-0.3, -0.25) is 4.90 Å². The first kappa shape index (κ1) is 13.4. The highest BCUT2D eigenvalue weighted by atomic mass is 16.3. The minimum Gasteiger partial charge on any atom is -0.508 e. The number of phenols is 1. The summed E-state index contributed by atoms with van der Waals surface area (Å²) in [6.45, 7) is 6.68. The summed E-state index contributed by atoms with van der Waals surface area (Å²) in [5, 5.41) is 12.7. The van der Waals surface area contributed by atoms with Gasteiger partial charge in [0, 0.05) is 12.6 Å². The van der Waals surface area contributed by atoms with Crippen molar-refractivity contribution in [3.63, 3.8) is 0 Å². The van der Waals surface area contributed by atoms with Crippen LogP contribution in [0, 0.1) is 0 Å². The SMILES string of the molecule is CCCN(Cc1ccc(O)cc1)C1CCNCC1. The molecule has 1 aromatic rings. The summed E-state index contributed by atoms with van der Waals surface area (Å²) < 4.78 is 0. The van der Waals surface area contributed by atoms with E-state index in [0.29, 0.717) is 11.8 Å². The van der Waals surface area contributed by atoms with E-state index in [1.807, 2.05) is 12.1 Å². The van der Waals surface area contributed by atoms with Crippen LogP contribution in [0.3, 0.4) is 0 Å². The fourth-order valence-corrected chi connectivity index (χ4v) is 2.69. The van der Waals surface area contributed by atoms with Gasteiger partial charge in [0.15, 0.2) is 0 Å². The lowest BCUT2D eigenvalue weighted by Gasteiger charge is -2.34. The van der Waals surface area contributed by atoms with Crippen molar-refractivity contribution < 1.29 is 5.11 Å². The van der Waals surface area contributed by atoms with E-state index in [2.05, 4.69) is 17.1 Å². The minimum atomic E-state index is 0.350. The average molecular weight is 248 g/mol. The van der Waals surface area contributed by atoms with Crippen molar-refractivity contribution in [2.75, 3.05) is 19.6 Å². The Morgan fingerprint density at radius 3 is 2.50 bits per heavy atom. The maximum absolute atomic E-state index is 9.32. The fraction of sp³-hybridized carbons (Fsp3) is 0.600. The second-order valence-corrected chi connectivity index (χ2v) is 5.12. The molecule has 0 bridgehead atoms. The third-order valence-corrected chi connectivity index (χ3v) is 3.66. The molecule has 0 unspecified atom stereocenters. The maximum Gasteiger partial charge on any atom is 0.115 e. The van der Waals surface area contributed by atoms with Gasteiger partial charge >= 0.3 is 0 Å². The Labute approximate surface area is 110 Å². The van der Waals surface area contributed by atoms with Crippen LogP contribution in [0.5, 0.6) is 5.75 Å². The molecule has 0 radical (unpaired) electrons. The predicted molar refractivity (Wildman–Crippen MR) is 74.7 cm³/mol. The number of nitrogens with zero attached hydrogens (tertiary/aromatic N) is 1. The molecule has 0 amide bonds. The number of aromatic hydroxyl groups is 1. The minimum absolute atomic E-state index is 0.350. The van der Waals surface area contributed by atoms with Gasteiger partial charge in [0.25, 0.3) is 0 Å². The monoisotopic (exact) mass is 248 g/mol. The Balaban J connectivity index is 1.98. The van der Waals surface area contributed by atoms with Crippen LogP contribution in [0.15, 0.2) is 24.3 Å². The number of nitrogens with one attached hydrogen (secondary N) is 1. The highest BCUT2D eigenvalue weighted by Gasteiger charge is 2.20. The molecule has 0 aromatic heterocycles. The summed E-state index contributed by atoms with van der Waals surface area (Å²) in [4.78, 5) is 2.59. The number of hydrogen-bond donors (Lipinski definition) is 2. The first-order valence-corrected chi connectivity index (χ1v) is 7.02. The van der Waals surface area contributed by atoms with Crippen molar-refractivity contribution >= 4 is 0 Å². The standard InChI is InChI=1S/C15H24N2O/c1-2-11-17(14-7-9-16-10-8-14)12-13-3-5-15(18)6-4-13/h3-6,14,16,18H,2,7-12H2,1H3. The van der Waals surface area contributed by atoms with Crippen LogP contribution < -0.4 is 5.32 Å². The molecule has 1 fully saturated rings. The molecule has 1 saturated heterocycles. The molecule has 100 valence electrons. The summed E-state index contributed by atoms with van der Waals surface area (Å²) in [7, 11) is 0. The quantitative estimate of drug-likeness (QED) is 0.839. The number of rotatable bonds is 5. The zero-order valence-corrected chi connectivity index (χ0v) is 11.2. The van der Waals surface area contributed by atoms with Crippen molar-refractivity contribution in [2.24, 2.45) is 0 Å².